The van der Waals surface area contributed by atoms with Crippen LogP contribution >= 0.6 is 15.9 Å². The number of hydrogen-bond donors (Lipinski definition) is 2. The lowest BCUT2D eigenvalue weighted by Gasteiger charge is -2.28. The Kier molecular flexibility index (Phi) is 6.63. The van der Waals surface area contributed by atoms with E-state index in [9.17, 15) is 30.8 Å². The summed E-state index contributed by atoms with van der Waals surface area (Å²) in [5.41, 5.74) is -0.320. The highest BCUT2D eigenvalue weighted by molar-refractivity contribution is 9.10. The number of halogens is 5. The second-order valence-electron chi connectivity index (χ2n) is 6.89. The smallest absolute Gasteiger partial charge is 0.416 e. The zero-order chi connectivity index (χ0) is 23.0. The number of ether oxygens (including phenoxy) is 1. The second kappa shape index (κ2) is 8.75. The number of aliphatic carboxylic acids is 1. The fourth-order valence-electron chi connectivity index (χ4n) is 3.38. The summed E-state index contributed by atoms with van der Waals surface area (Å²) in [5, 5.41) is 8.84. The fourth-order valence-corrected chi connectivity index (χ4v) is 5.14. The number of benzene rings is 2. The molecule has 2 N–H and O–H groups in total. The number of nitrogens with one attached hydrogen (secondary N) is 1. The summed E-state index contributed by atoms with van der Waals surface area (Å²) in [6.45, 7) is -0.594. The molecule has 0 amide bonds. The first kappa shape index (κ1) is 23.5. The van der Waals surface area contributed by atoms with Gasteiger partial charge in [-0.3, -0.25) is 0 Å². The van der Waals surface area contributed by atoms with Gasteiger partial charge in [-0.25, -0.2) is 22.3 Å². The van der Waals surface area contributed by atoms with Gasteiger partial charge in [0.05, 0.1) is 10.5 Å². The Bertz CT molecular complexity index is 1120. The van der Waals surface area contributed by atoms with E-state index >= 15 is 0 Å². The van der Waals surface area contributed by atoms with Crippen molar-refractivity contribution in [3.8, 4) is 5.75 Å². The van der Waals surface area contributed by atoms with Crippen LogP contribution in [0, 0.1) is 5.82 Å². The molecular formula is C19H16BrF4NO5S. The highest BCUT2D eigenvalue weighted by atomic mass is 79.9. The topological polar surface area (TPSA) is 92.7 Å². The molecule has 2 aromatic carbocycles. The van der Waals surface area contributed by atoms with Crippen LogP contribution < -0.4 is 9.46 Å². The Balaban J connectivity index is 1.96. The maximum Gasteiger partial charge on any atom is 0.416 e. The van der Waals surface area contributed by atoms with Crippen LogP contribution in [0.4, 0.5) is 17.6 Å². The van der Waals surface area contributed by atoms with Gasteiger partial charge in [-0.05, 0) is 60.7 Å². The number of alkyl halides is 3. The normalized spacial score (nSPS) is 16.6. The van der Waals surface area contributed by atoms with Crippen LogP contribution in [-0.2, 0) is 27.4 Å². The van der Waals surface area contributed by atoms with E-state index in [1.807, 2.05) is 0 Å². The molecule has 168 valence electrons. The molecule has 1 atom stereocenters. The summed E-state index contributed by atoms with van der Waals surface area (Å²) in [7, 11) is -4.50. The highest BCUT2D eigenvalue weighted by Crippen LogP contribution is 2.39. The average Bonchev–Trinajstić information content (AvgIpc) is 2.65. The van der Waals surface area contributed by atoms with Crippen molar-refractivity contribution in [3.63, 3.8) is 0 Å². The molecular weight excluding hydrogens is 510 g/mol. The first-order valence-corrected chi connectivity index (χ1v) is 11.2. The number of fused-ring (bicyclic) bond motifs is 1. The maximum atomic E-state index is 13.7. The maximum absolute atomic E-state index is 13.7. The van der Waals surface area contributed by atoms with Crippen LogP contribution in [0.5, 0.6) is 5.75 Å². The number of carboxylic acid groups (broad SMARTS) is 1. The Morgan fingerprint density at radius 3 is 2.58 bits per heavy atom. The largest absolute Gasteiger partial charge is 0.482 e. The minimum atomic E-state index is -4.91. The molecule has 0 heterocycles. The van der Waals surface area contributed by atoms with Crippen LogP contribution in [0.15, 0.2) is 39.7 Å². The van der Waals surface area contributed by atoms with Crippen molar-refractivity contribution in [2.24, 2.45) is 0 Å². The summed E-state index contributed by atoms with van der Waals surface area (Å²) >= 11 is 3.26. The standard InChI is InChI=1S/C19H16BrF4NO5S/c20-11-6-15-14(17(7-11)30-9-18(26)27)2-1-3-16(15)25-31(28,29)13-5-10(19(22,23)24)4-12(21)8-13/h4-8,16,25H,1-3,9H2,(H,26,27). The Hall–Kier alpha value is -2.18. The number of hydrogen-bond acceptors (Lipinski definition) is 4. The van der Waals surface area contributed by atoms with Crippen molar-refractivity contribution in [3.05, 3.63) is 57.3 Å². The molecule has 0 saturated carbocycles. The average molecular weight is 526 g/mol. The first-order valence-electron chi connectivity index (χ1n) is 8.94. The Morgan fingerprint density at radius 1 is 1.23 bits per heavy atom. The fraction of sp³-hybridized carbons (Fsp3) is 0.316. The molecule has 0 bridgehead atoms. The van der Waals surface area contributed by atoms with Gasteiger partial charge in [-0.1, -0.05) is 15.9 Å². The van der Waals surface area contributed by atoms with Crippen molar-refractivity contribution in [2.45, 2.75) is 36.4 Å². The lowest BCUT2D eigenvalue weighted by atomic mass is 9.87. The molecule has 3 rings (SSSR count). The van der Waals surface area contributed by atoms with Gasteiger partial charge < -0.3 is 9.84 Å². The van der Waals surface area contributed by atoms with Crippen molar-refractivity contribution in [1.82, 2.24) is 4.72 Å². The molecule has 0 spiro atoms. The SMILES string of the molecule is O=C(O)COc1cc(Br)cc2c1CCCC2NS(=O)(=O)c1cc(F)cc(C(F)(F)F)c1. The molecule has 2 aromatic rings. The molecule has 0 radical (unpaired) electrons. The second-order valence-corrected chi connectivity index (χ2v) is 9.52. The van der Waals surface area contributed by atoms with Gasteiger partial charge in [0.1, 0.15) is 11.6 Å². The van der Waals surface area contributed by atoms with E-state index in [1.54, 1.807) is 12.1 Å². The molecule has 0 saturated heterocycles. The predicted octanol–water partition coefficient (Wildman–Crippen LogP) is 4.43. The summed E-state index contributed by atoms with van der Waals surface area (Å²) in [6.07, 6.45) is -3.57. The Morgan fingerprint density at radius 2 is 1.94 bits per heavy atom. The van der Waals surface area contributed by atoms with Gasteiger partial charge in [0.15, 0.2) is 6.61 Å². The first-order chi connectivity index (χ1) is 14.4. The van der Waals surface area contributed by atoms with Gasteiger partial charge in [0.2, 0.25) is 10.0 Å². The summed E-state index contributed by atoms with van der Waals surface area (Å²) in [5.74, 6) is -2.25. The van der Waals surface area contributed by atoms with Gasteiger partial charge in [0.25, 0.3) is 0 Å². The molecule has 1 unspecified atom stereocenters. The Labute approximate surface area is 183 Å². The third kappa shape index (κ3) is 5.55. The van der Waals surface area contributed by atoms with E-state index in [-0.39, 0.29) is 11.8 Å². The molecule has 31 heavy (non-hydrogen) atoms. The van der Waals surface area contributed by atoms with Crippen molar-refractivity contribution < 1.29 is 40.6 Å². The molecule has 0 fully saturated rings. The lowest BCUT2D eigenvalue weighted by molar-refractivity contribution is -0.139. The quantitative estimate of drug-likeness (QED) is 0.544. The van der Waals surface area contributed by atoms with E-state index < -0.39 is 51.1 Å². The third-order valence-corrected chi connectivity index (χ3v) is 6.57. The molecule has 1 aliphatic rings. The number of rotatable bonds is 6. The molecule has 0 aromatic heterocycles. The van der Waals surface area contributed by atoms with Crippen LogP contribution in [0.25, 0.3) is 0 Å². The van der Waals surface area contributed by atoms with Gasteiger partial charge in [-0.15, -0.1) is 0 Å². The van der Waals surface area contributed by atoms with Gasteiger partial charge in [0, 0.05) is 10.5 Å². The van der Waals surface area contributed by atoms with Crippen molar-refractivity contribution >= 4 is 31.9 Å². The monoisotopic (exact) mass is 525 g/mol. The zero-order valence-electron chi connectivity index (χ0n) is 15.7. The number of carbonyl (C=O) groups is 1. The summed E-state index contributed by atoms with van der Waals surface area (Å²) < 4.78 is 86.3. The van der Waals surface area contributed by atoms with Crippen LogP contribution in [-0.4, -0.2) is 26.1 Å². The lowest BCUT2D eigenvalue weighted by Crippen LogP contribution is -2.31. The van der Waals surface area contributed by atoms with E-state index in [4.69, 9.17) is 9.84 Å². The van der Waals surface area contributed by atoms with E-state index in [0.29, 0.717) is 47.0 Å². The molecule has 12 heteroatoms. The van der Waals surface area contributed by atoms with E-state index in [0.717, 1.165) is 0 Å². The summed E-state index contributed by atoms with van der Waals surface area (Å²) in [6, 6.07) is 3.47. The minimum absolute atomic E-state index is 0.220. The van der Waals surface area contributed by atoms with Crippen molar-refractivity contribution in [2.75, 3.05) is 6.61 Å². The van der Waals surface area contributed by atoms with E-state index in [2.05, 4.69) is 20.7 Å². The van der Waals surface area contributed by atoms with Gasteiger partial charge >= 0.3 is 12.1 Å². The minimum Gasteiger partial charge on any atom is -0.482 e. The van der Waals surface area contributed by atoms with Crippen LogP contribution in [0.1, 0.15) is 35.6 Å². The molecule has 0 aliphatic heterocycles. The van der Waals surface area contributed by atoms with Crippen LogP contribution in [0.2, 0.25) is 0 Å². The highest BCUT2D eigenvalue weighted by Gasteiger charge is 2.34. The number of sulfonamides is 1. The van der Waals surface area contributed by atoms with Crippen LogP contribution in [0.3, 0.4) is 0 Å². The molecule has 6 nitrogen and oxygen atoms in total. The molecule has 1 aliphatic carbocycles. The van der Waals surface area contributed by atoms with Crippen molar-refractivity contribution in [1.29, 1.82) is 0 Å². The number of carboxylic acids is 1. The zero-order valence-corrected chi connectivity index (χ0v) is 18.1. The summed E-state index contributed by atoms with van der Waals surface area (Å²) in [4.78, 5) is 9.98. The third-order valence-electron chi connectivity index (χ3n) is 4.66. The van der Waals surface area contributed by atoms with E-state index in [1.165, 1.54) is 0 Å². The predicted molar refractivity (Wildman–Crippen MR) is 105 cm³/mol. The van der Waals surface area contributed by atoms with Gasteiger partial charge in [-0.2, -0.15) is 13.2 Å².